The van der Waals surface area contributed by atoms with Crippen LogP contribution in [0.1, 0.15) is 48.0 Å². The van der Waals surface area contributed by atoms with Crippen molar-refractivity contribution in [3.63, 3.8) is 0 Å². The van der Waals surface area contributed by atoms with E-state index in [0.717, 1.165) is 36.8 Å². The van der Waals surface area contributed by atoms with Crippen LogP contribution in [0.15, 0.2) is 24.3 Å². The molecule has 2 N–H and O–H groups in total. The van der Waals surface area contributed by atoms with E-state index in [9.17, 15) is 4.79 Å². The van der Waals surface area contributed by atoms with E-state index in [0.29, 0.717) is 6.54 Å². The molecule has 0 amide bonds. The number of hydrogen-bond donors (Lipinski definition) is 1. The Kier molecular flexibility index (Phi) is 3.63. The van der Waals surface area contributed by atoms with E-state index >= 15 is 0 Å². The Hall–Kier alpha value is -1.15. The number of hydrogen-bond acceptors (Lipinski definition) is 2. The summed E-state index contributed by atoms with van der Waals surface area (Å²) in [4.78, 5) is 12.7. The van der Waals surface area contributed by atoms with Crippen LogP contribution in [0.4, 0.5) is 0 Å². The molecule has 1 fully saturated rings. The van der Waals surface area contributed by atoms with Gasteiger partial charge in [-0.3, -0.25) is 4.79 Å². The zero-order valence-corrected chi connectivity index (χ0v) is 10.5. The fraction of sp³-hybridized carbons (Fsp3) is 0.533. The van der Waals surface area contributed by atoms with Gasteiger partial charge in [-0.15, -0.1) is 0 Å². The molecular formula is C15H21NO. The van der Waals surface area contributed by atoms with Gasteiger partial charge in [-0.25, -0.2) is 0 Å². The number of carbonyl (C=O) groups excluding carboxylic acids is 1. The van der Waals surface area contributed by atoms with Crippen molar-refractivity contribution in [2.75, 3.05) is 6.54 Å². The standard InChI is InChI=1S/C15H21NO/c1-12-7-3-4-8-13(12)14(17)15(11-16)9-5-2-6-10-15/h3-4,7-8H,2,5-6,9-11,16H2,1H3. The average molecular weight is 231 g/mol. The first-order chi connectivity index (χ1) is 8.19. The van der Waals surface area contributed by atoms with E-state index in [2.05, 4.69) is 0 Å². The average Bonchev–Trinajstić information content (AvgIpc) is 2.39. The van der Waals surface area contributed by atoms with Gasteiger partial charge in [-0.1, -0.05) is 43.5 Å². The zero-order chi connectivity index (χ0) is 12.3. The van der Waals surface area contributed by atoms with Gasteiger partial charge in [0, 0.05) is 17.5 Å². The Morgan fingerprint density at radius 3 is 2.47 bits per heavy atom. The molecule has 1 aromatic carbocycles. The monoisotopic (exact) mass is 231 g/mol. The van der Waals surface area contributed by atoms with Gasteiger partial charge in [-0.2, -0.15) is 0 Å². The molecule has 0 radical (unpaired) electrons. The van der Waals surface area contributed by atoms with Crippen molar-refractivity contribution in [3.8, 4) is 0 Å². The highest BCUT2D eigenvalue weighted by Crippen LogP contribution is 2.38. The molecule has 1 aliphatic carbocycles. The van der Waals surface area contributed by atoms with Crippen molar-refractivity contribution < 1.29 is 4.79 Å². The summed E-state index contributed by atoms with van der Waals surface area (Å²) in [5.41, 5.74) is 7.55. The predicted octanol–water partition coefficient (Wildman–Crippen LogP) is 3.09. The Labute approximate surface area is 103 Å². The molecule has 2 heteroatoms. The summed E-state index contributed by atoms with van der Waals surface area (Å²) in [5.74, 6) is 0.262. The molecule has 2 nitrogen and oxygen atoms in total. The van der Waals surface area contributed by atoms with E-state index in [-0.39, 0.29) is 11.2 Å². The SMILES string of the molecule is Cc1ccccc1C(=O)C1(CN)CCCCC1. The minimum atomic E-state index is -0.287. The molecule has 0 atom stereocenters. The number of benzene rings is 1. The molecule has 1 aromatic rings. The summed E-state index contributed by atoms with van der Waals surface area (Å²) < 4.78 is 0. The number of nitrogens with two attached hydrogens (primary N) is 1. The van der Waals surface area contributed by atoms with Crippen molar-refractivity contribution in [2.45, 2.75) is 39.0 Å². The third kappa shape index (κ3) is 2.27. The molecule has 1 saturated carbocycles. The van der Waals surface area contributed by atoms with E-state index in [1.807, 2.05) is 31.2 Å². The van der Waals surface area contributed by atoms with E-state index in [1.54, 1.807) is 0 Å². The normalized spacial score (nSPS) is 18.9. The van der Waals surface area contributed by atoms with Crippen molar-refractivity contribution in [2.24, 2.45) is 11.1 Å². The first-order valence-electron chi connectivity index (χ1n) is 6.50. The van der Waals surface area contributed by atoms with Crippen LogP contribution in [0.2, 0.25) is 0 Å². The lowest BCUT2D eigenvalue weighted by molar-refractivity contribution is 0.0729. The maximum atomic E-state index is 12.7. The van der Waals surface area contributed by atoms with E-state index < -0.39 is 0 Å². The van der Waals surface area contributed by atoms with Crippen LogP contribution in [0.5, 0.6) is 0 Å². The van der Waals surface area contributed by atoms with Crippen molar-refractivity contribution in [3.05, 3.63) is 35.4 Å². The molecule has 0 unspecified atom stereocenters. The third-order valence-electron chi connectivity index (χ3n) is 4.07. The maximum absolute atomic E-state index is 12.7. The summed E-state index contributed by atoms with van der Waals surface area (Å²) in [6, 6.07) is 7.85. The lowest BCUT2D eigenvalue weighted by Gasteiger charge is -2.35. The van der Waals surface area contributed by atoms with Crippen LogP contribution < -0.4 is 5.73 Å². The van der Waals surface area contributed by atoms with Crippen molar-refractivity contribution >= 4 is 5.78 Å². The Balaban J connectivity index is 2.32. The number of carbonyl (C=O) groups is 1. The highest BCUT2D eigenvalue weighted by molar-refractivity contribution is 6.01. The molecule has 17 heavy (non-hydrogen) atoms. The molecule has 2 rings (SSSR count). The second kappa shape index (κ2) is 5.01. The van der Waals surface area contributed by atoms with Crippen LogP contribution in [0, 0.1) is 12.3 Å². The largest absolute Gasteiger partial charge is 0.329 e. The number of rotatable bonds is 3. The van der Waals surface area contributed by atoms with Gasteiger partial charge in [0.15, 0.2) is 5.78 Å². The van der Waals surface area contributed by atoms with Crippen LogP contribution in [-0.4, -0.2) is 12.3 Å². The summed E-state index contributed by atoms with van der Waals surface area (Å²) in [6.07, 6.45) is 5.42. The summed E-state index contributed by atoms with van der Waals surface area (Å²) in [7, 11) is 0. The highest BCUT2D eigenvalue weighted by Gasteiger charge is 2.38. The first kappa shape index (κ1) is 12.3. The van der Waals surface area contributed by atoms with Crippen molar-refractivity contribution in [1.82, 2.24) is 0 Å². The lowest BCUT2D eigenvalue weighted by atomic mass is 9.69. The van der Waals surface area contributed by atoms with Crippen molar-refractivity contribution in [1.29, 1.82) is 0 Å². The van der Waals surface area contributed by atoms with Gasteiger partial charge < -0.3 is 5.73 Å². The number of Topliss-reactive ketones (excluding diaryl/α,β-unsaturated/α-hetero) is 1. The molecule has 0 aliphatic heterocycles. The highest BCUT2D eigenvalue weighted by atomic mass is 16.1. The van der Waals surface area contributed by atoms with Gasteiger partial charge in [0.2, 0.25) is 0 Å². The zero-order valence-electron chi connectivity index (χ0n) is 10.5. The van der Waals surface area contributed by atoms with Gasteiger partial charge in [0.05, 0.1) is 0 Å². The Bertz CT molecular complexity index is 405. The Morgan fingerprint density at radius 2 is 1.88 bits per heavy atom. The minimum Gasteiger partial charge on any atom is -0.329 e. The van der Waals surface area contributed by atoms with Crippen LogP contribution in [0.25, 0.3) is 0 Å². The van der Waals surface area contributed by atoms with Gasteiger partial charge in [0.1, 0.15) is 0 Å². The van der Waals surface area contributed by atoms with Crippen LogP contribution >= 0.6 is 0 Å². The molecule has 0 aromatic heterocycles. The summed E-state index contributed by atoms with van der Waals surface area (Å²) >= 11 is 0. The topological polar surface area (TPSA) is 43.1 Å². The van der Waals surface area contributed by atoms with E-state index in [4.69, 9.17) is 5.73 Å². The fourth-order valence-corrected chi connectivity index (χ4v) is 2.87. The lowest BCUT2D eigenvalue weighted by Crippen LogP contribution is -2.40. The Morgan fingerprint density at radius 1 is 1.24 bits per heavy atom. The molecule has 0 saturated heterocycles. The van der Waals surface area contributed by atoms with Gasteiger partial charge >= 0.3 is 0 Å². The minimum absolute atomic E-state index is 0.262. The molecule has 1 aliphatic rings. The molecule has 0 bridgehead atoms. The van der Waals surface area contributed by atoms with Gasteiger partial charge in [0.25, 0.3) is 0 Å². The predicted molar refractivity (Wildman–Crippen MR) is 70.1 cm³/mol. The fourth-order valence-electron chi connectivity index (χ4n) is 2.87. The third-order valence-corrected chi connectivity index (χ3v) is 4.07. The molecule has 0 spiro atoms. The molecule has 92 valence electrons. The number of aryl methyl sites for hydroxylation is 1. The smallest absolute Gasteiger partial charge is 0.170 e. The second-order valence-corrected chi connectivity index (χ2v) is 5.19. The molecule has 0 heterocycles. The van der Waals surface area contributed by atoms with Gasteiger partial charge in [-0.05, 0) is 25.3 Å². The van der Waals surface area contributed by atoms with E-state index in [1.165, 1.54) is 6.42 Å². The quantitative estimate of drug-likeness (QED) is 0.812. The first-order valence-corrected chi connectivity index (χ1v) is 6.50. The maximum Gasteiger partial charge on any atom is 0.170 e. The van der Waals surface area contributed by atoms with Crippen LogP contribution in [0.3, 0.4) is 0 Å². The molecular weight excluding hydrogens is 210 g/mol. The summed E-state index contributed by atoms with van der Waals surface area (Å²) in [5, 5.41) is 0. The number of ketones is 1. The summed E-state index contributed by atoms with van der Waals surface area (Å²) in [6.45, 7) is 2.49. The van der Waals surface area contributed by atoms with Crippen LogP contribution in [-0.2, 0) is 0 Å². The second-order valence-electron chi connectivity index (χ2n) is 5.19.